The van der Waals surface area contributed by atoms with Gasteiger partial charge in [-0.15, -0.1) is 6.07 Å². The van der Waals surface area contributed by atoms with Gasteiger partial charge in [0.2, 0.25) is 0 Å². The Morgan fingerprint density at radius 1 is 0.780 bits per heavy atom. The van der Waals surface area contributed by atoms with Crippen molar-refractivity contribution < 1.29 is 57.6 Å². The molecule has 2 radical (unpaired) electrons. The maximum Gasteiger partial charge on any atom is 0.0943 e. The second-order valence-electron chi connectivity index (χ2n) is 9.02. The number of rotatable bonds is 2. The molecule has 0 aliphatic carbocycles. The zero-order valence-corrected chi connectivity index (χ0v) is 26.9. The largest absolute Gasteiger partial charge is 0.508 e. The molecule has 0 saturated carbocycles. The van der Waals surface area contributed by atoms with Gasteiger partial charge in [-0.2, -0.15) is 35.4 Å². The topological polar surface area (TPSA) is 62.0 Å². The molecule has 5 nitrogen and oxygen atoms in total. The second-order valence-corrected chi connectivity index (χ2v) is 9.02. The minimum absolute atomic E-state index is 0. The van der Waals surface area contributed by atoms with Crippen LogP contribution in [-0.2, 0) is 59.4 Å². The van der Waals surface area contributed by atoms with Crippen LogP contribution in [0, 0.1) is 18.2 Å². The van der Waals surface area contributed by atoms with Gasteiger partial charge in [-0.05, 0) is 46.8 Å². The molecule has 4 heterocycles. The van der Waals surface area contributed by atoms with Crippen LogP contribution in [0.3, 0.4) is 0 Å². The first-order valence-corrected chi connectivity index (χ1v) is 12.6. The molecule has 1 aliphatic rings. The first-order chi connectivity index (χ1) is 19.3. The van der Waals surface area contributed by atoms with E-state index in [2.05, 4.69) is 33.2 Å². The van der Waals surface area contributed by atoms with E-state index in [1.807, 2.05) is 103 Å². The van der Waals surface area contributed by atoms with E-state index in [0.717, 1.165) is 61.3 Å². The van der Waals surface area contributed by atoms with E-state index in [4.69, 9.17) is 9.72 Å². The Morgan fingerprint density at radius 2 is 1.59 bits per heavy atom. The maximum atomic E-state index is 5.92. The summed E-state index contributed by atoms with van der Waals surface area (Å²) in [6.45, 7) is 0.486. The van der Waals surface area contributed by atoms with Crippen molar-refractivity contribution in [3.63, 3.8) is 0 Å². The molecule has 3 aromatic heterocycles. The smallest absolute Gasteiger partial charge is 0.0943 e. The molecule has 0 spiro atoms. The molecule has 0 saturated heterocycles. The van der Waals surface area contributed by atoms with Crippen LogP contribution in [0.25, 0.3) is 55.8 Å². The molecule has 7 aromatic rings. The fourth-order valence-corrected chi connectivity index (χ4v) is 4.57. The zero-order valence-electron chi connectivity index (χ0n) is 21.7. The summed E-state index contributed by atoms with van der Waals surface area (Å²) in [6.07, 6.45) is 1.75. The molecule has 0 amide bonds. The first-order valence-electron chi connectivity index (χ1n) is 12.6. The van der Waals surface area contributed by atoms with Crippen LogP contribution in [0.2, 0.25) is 0 Å². The van der Waals surface area contributed by atoms with E-state index in [-0.39, 0.29) is 52.8 Å². The molecule has 0 bridgehead atoms. The third kappa shape index (κ3) is 6.07. The van der Waals surface area contributed by atoms with Gasteiger partial charge in [0.25, 0.3) is 0 Å². The maximum absolute atomic E-state index is 5.92. The predicted octanol–water partition coefficient (Wildman–Crippen LogP) is 7.11. The van der Waals surface area contributed by atoms with Gasteiger partial charge in [0.15, 0.2) is 0 Å². The Balaban J connectivity index is 0.000000173. The molecule has 41 heavy (non-hydrogen) atoms. The molecule has 0 atom stereocenters. The van der Waals surface area contributed by atoms with E-state index in [0.29, 0.717) is 12.4 Å². The average Bonchev–Trinajstić information content (AvgIpc) is 3.46. The number of fused-ring (bicyclic) bond motifs is 5. The third-order valence-electron chi connectivity index (χ3n) is 6.47. The monoisotopic (exact) mass is 782 g/mol. The molecule has 0 N–H and O–H groups in total. The number of ether oxygens (including phenoxy) is 1. The quantitative estimate of drug-likeness (QED) is 0.175. The van der Waals surface area contributed by atoms with Crippen LogP contribution < -0.4 is 9.72 Å². The van der Waals surface area contributed by atoms with Crippen LogP contribution in [0.4, 0.5) is 0 Å². The van der Waals surface area contributed by atoms with Gasteiger partial charge in [-0.25, -0.2) is 29.3 Å². The van der Waals surface area contributed by atoms with Gasteiger partial charge in [-0.1, -0.05) is 48.5 Å². The van der Waals surface area contributed by atoms with E-state index in [1.54, 1.807) is 6.20 Å². The van der Waals surface area contributed by atoms with Crippen LogP contribution in [0.1, 0.15) is 5.56 Å². The zero-order chi connectivity index (χ0) is 26.0. The summed E-state index contributed by atoms with van der Waals surface area (Å²) in [7, 11) is 0. The van der Waals surface area contributed by atoms with Gasteiger partial charge in [0.1, 0.15) is 0 Å². The fourth-order valence-electron chi connectivity index (χ4n) is 4.57. The summed E-state index contributed by atoms with van der Waals surface area (Å²) >= 11 is 0. The van der Waals surface area contributed by atoms with Crippen molar-refractivity contribution >= 4 is 21.9 Å². The number of benzene rings is 4. The number of hydrogen-bond acceptors (Lipinski definition) is 4. The van der Waals surface area contributed by atoms with Crippen molar-refractivity contribution in [2.24, 2.45) is 0 Å². The van der Waals surface area contributed by atoms with Crippen LogP contribution in [0.15, 0.2) is 109 Å². The van der Waals surface area contributed by atoms with Crippen molar-refractivity contribution in [3.8, 4) is 39.7 Å². The Labute approximate surface area is 276 Å². The Kier molecular flexibility index (Phi) is 9.16. The molecule has 0 unspecified atom stereocenters. The first kappa shape index (κ1) is 29.0. The minimum atomic E-state index is 0. The normalized spacial score (nSPS) is 11.1. The molecule has 198 valence electrons. The van der Waals surface area contributed by atoms with E-state index < -0.39 is 0 Å². The molecular formula is C34H20IrN4OY-4. The molecule has 1 aliphatic heterocycles. The molecule has 7 heteroatoms. The fraction of sp³-hybridized carbons (Fsp3) is 0.0294. The Hall–Kier alpha value is -3.54. The number of nitrogens with zero attached hydrogens (tertiary/aromatic N) is 4. The number of hydrogen-bond donors (Lipinski definition) is 0. The van der Waals surface area contributed by atoms with Crippen molar-refractivity contribution in [2.75, 3.05) is 0 Å². The van der Waals surface area contributed by atoms with Crippen molar-refractivity contribution in [3.05, 3.63) is 133 Å². The van der Waals surface area contributed by atoms with Crippen LogP contribution >= 0.6 is 0 Å². The van der Waals surface area contributed by atoms with Gasteiger partial charge < -0.3 is 19.7 Å². The summed E-state index contributed by atoms with van der Waals surface area (Å²) in [4.78, 5) is 17.8. The molecule has 4 aromatic carbocycles. The summed E-state index contributed by atoms with van der Waals surface area (Å²) in [5.41, 5.74) is 8.39. The summed E-state index contributed by atoms with van der Waals surface area (Å²) in [5, 5.41) is 1.08. The van der Waals surface area contributed by atoms with E-state index in [1.165, 1.54) is 0 Å². The SMILES string of the molecule is [Ir].[Y].[c-]1ccccc1-c1[c-]c2c([c-]c1)-c1nc3ccccc3cc1OC2.c1ccc(-c2nc3ccccc3[n-]2)nc1. The predicted molar refractivity (Wildman–Crippen MR) is 152 cm³/mol. The number of para-hydroxylation sites is 3. The molecule has 0 fully saturated rings. The second kappa shape index (κ2) is 13.0. The van der Waals surface area contributed by atoms with Crippen molar-refractivity contribution in [1.82, 2.24) is 19.9 Å². The Bertz CT molecular complexity index is 1890. The van der Waals surface area contributed by atoms with Gasteiger partial charge >= 0.3 is 0 Å². The minimum Gasteiger partial charge on any atom is -0.508 e. The molecular weight excluding hydrogens is 762 g/mol. The average molecular weight is 782 g/mol. The van der Waals surface area contributed by atoms with Crippen LogP contribution in [-0.4, -0.2) is 15.0 Å². The van der Waals surface area contributed by atoms with E-state index >= 15 is 0 Å². The summed E-state index contributed by atoms with van der Waals surface area (Å²) in [6, 6.07) is 43.6. The summed E-state index contributed by atoms with van der Waals surface area (Å²) < 4.78 is 5.92. The van der Waals surface area contributed by atoms with Crippen LogP contribution in [0.5, 0.6) is 5.75 Å². The van der Waals surface area contributed by atoms with Crippen molar-refractivity contribution in [2.45, 2.75) is 6.61 Å². The van der Waals surface area contributed by atoms with Gasteiger partial charge in [0.05, 0.1) is 23.6 Å². The third-order valence-corrected chi connectivity index (χ3v) is 6.47. The van der Waals surface area contributed by atoms with Gasteiger partial charge in [-0.3, -0.25) is 4.98 Å². The number of aromatic nitrogens is 4. The Morgan fingerprint density at radius 3 is 2.39 bits per heavy atom. The number of pyridine rings is 2. The number of imidazole rings is 1. The summed E-state index contributed by atoms with van der Waals surface area (Å²) in [5.74, 6) is 1.50. The van der Waals surface area contributed by atoms with E-state index in [9.17, 15) is 0 Å². The van der Waals surface area contributed by atoms with Crippen molar-refractivity contribution in [1.29, 1.82) is 0 Å². The standard InChI is InChI=1S/C22H12NO.C12H8N3.Ir.Y/c1-2-6-15(7-3-1)16-10-11-19-18(12-16)14-24-21-13-17-8-4-5-9-20(17)23-22(19)21;1-2-6-10-9(5-1)14-12(15-10)11-7-3-4-8-13-11;;/h1-6,8-10,13H,14H2;1-8H;;/q-3;-1;;. The molecule has 8 rings (SSSR count). The van der Waals surface area contributed by atoms with Gasteiger partial charge in [0, 0.05) is 64.4 Å².